The highest BCUT2D eigenvalue weighted by Crippen LogP contribution is 2.30. The number of rotatable bonds is 6. The van der Waals surface area contributed by atoms with Crippen molar-refractivity contribution in [1.82, 2.24) is 0 Å². The Morgan fingerprint density at radius 3 is 2.36 bits per heavy atom. The summed E-state index contributed by atoms with van der Waals surface area (Å²) in [7, 11) is 3.37. The maximum atomic E-state index is 6.05. The van der Waals surface area contributed by atoms with Gasteiger partial charge in [-0.1, -0.05) is 23.8 Å². The smallest absolute Gasteiger partial charge is 0.122 e. The maximum Gasteiger partial charge on any atom is 0.122 e. The van der Waals surface area contributed by atoms with E-state index >= 15 is 0 Å². The third-order valence-electron chi connectivity index (χ3n) is 4.10. The minimum Gasteiger partial charge on any atom is -0.497 e. The molecule has 0 spiro atoms. The third-order valence-corrected chi connectivity index (χ3v) is 4.10. The Morgan fingerprint density at radius 2 is 1.77 bits per heavy atom. The van der Waals surface area contributed by atoms with E-state index in [0.717, 1.165) is 23.5 Å². The molecule has 2 aromatic rings. The van der Waals surface area contributed by atoms with Gasteiger partial charge >= 0.3 is 0 Å². The molecule has 0 fully saturated rings. The fourth-order valence-corrected chi connectivity index (χ4v) is 2.91. The number of ether oxygens (including phenoxy) is 2. The van der Waals surface area contributed by atoms with Gasteiger partial charge in [-0.05, 0) is 61.7 Å². The highest BCUT2D eigenvalue weighted by molar-refractivity contribution is 5.42. The van der Waals surface area contributed by atoms with Gasteiger partial charge in [-0.3, -0.25) is 0 Å². The summed E-state index contributed by atoms with van der Waals surface area (Å²) in [5.74, 6) is 1.98. The fraction of sp³-hybridized carbons (Fsp3) is 0.368. The number of benzene rings is 2. The summed E-state index contributed by atoms with van der Waals surface area (Å²) in [6, 6.07) is 12.4. The van der Waals surface area contributed by atoms with Gasteiger partial charge in [0.1, 0.15) is 11.5 Å². The van der Waals surface area contributed by atoms with Crippen LogP contribution in [-0.2, 0) is 6.42 Å². The molecular weight excluding hydrogens is 274 g/mol. The van der Waals surface area contributed by atoms with Gasteiger partial charge in [-0.15, -0.1) is 0 Å². The Kier molecular flexibility index (Phi) is 5.45. The van der Waals surface area contributed by atoms with Crippen molar-refractivity contribution < 1.29 is 9.47 Å². The summed E-state index contributed by atoms with van der Waals surface area (Å²) in [6.07, 6.45) is 0.834. The van der Waals surface area contributed by atoms with Gasteiger partial charge in [0.2, 0.25) is 0 Å². The molecule has 0 bridgehead atoms. The Morgan fingerprint density at radius 1 is 1.00 bits per heavy atom. The molecular formula is C19H25NO2. The molecule has 0 aliphatic carbocycles. The Hall–Kier alpha value is -2.00. The molecule has 118 valence electrons. The molecule has 2 rings (SSSR count). The molecule has 0 heterocycles. The quantitative estimate of drug-likeness (QED) is 0.886. The van der Waals surface area contributed by atoms with Crippen molar-refractivity contribution in [2.45, 2.75) is 26.2 Å². The van der Waals surface area contributed by atoms with Crippen LogP contribution in [0.15, 0.2) is 36.4 Å². The molecule has 0 aromatic heterocycles. The Bertz CT molecular complexity index is 637. The second kappa shape index (κ2) is 7.32. The predicted octanol–water partition coefficient (Wildman–Crippen LogP) is 3.61. The zero-order valence-corrected chi connectivity index (χ0v) is 13.8. The number of aryl methyl sites for hydroxylation is 2. The van der Waals surface area contributed by atoms with Gasteiger partial charge in [0, 0.05) is 5.92 Å². The summed E-state index contributed by atoms with van der Waals surface area (Å²) >= 11 is 0. The molecule has 0 aliphatic heterocycles. The van der Waals surface area contributed by atoms with Gasteiger partial charge in [-0.25, -0.2) is 0 Å². The maximum absolute atomic E-state index is 6.05. The first-order chi connectivity index (χ1) is 10.6. The summed E-state index contributed by atoms with van der Waals surface area (Å²) in [4.78, 5) is 0. The van der Waals surface area contributed by atoms with Crippen LogP contribution in [0.25, 0.3) is 0 Å². The lowest BCUT2D eigenvalue weighted by atomic mass is 9.88. The van der Waals surface area contributed by atoms with Crippen molar-refractivity contribution in [3.05, 3.63) is 58.7 Å². The first kappa shape index (κ1) is 16.4. The van der Waals surface area contributed by atoms with Gasteiger partial charge in [0.25, 0.3) is 0 Å². The molecule has 3 heteroatoms. The molecule has 0 amide bonds. The zero-order valence-electron chi connectivity index (χ0n) is 13.8. The van der Waals surface area contributed by atoms with Crippen molar-refractivity contribution in [3.8, 4) is 11.5 Å². The van der Waals surface area contributed by atoms with Crippen molar-refractivity contribution >= 4 is 0 Å². The van der Waals surface area contributed by atoms with Crippen molar-refractivity contribution in [2.24, 2.45) is 5.73 Å². The second-order valence-corrected chi connectivity index (χ2v) is 5.67. The van der Waals surface area contributed by atoms with Gasteiger partial charge in [-0.2, -0.15) is 0 Å². The predicted molar refractivity (Wildman–Crippen MR) is 91.0 cm³/mol. The number of nitrogens with two attached hydrogens (primary N) is 1. The number of hydrogen-bond acceptors (Lipinski definition) is 3. The minimum absolute atomic E-state index is 0.265. The highest BCUT2D eigenvalue weighted by atomic mass is 16.5. The van der Waals surface area contributed by atoms with Crippen LogP contribution in [0.2, 0.25) is 0 Å². The van der Waals surface area contributed by atoms with Crippen LogP contribution in [0.5, 0.6) is 11.5 Å². The normalized spacial score (nSPS) is 12.0. The van der Waals surface area contributed by atoms with E-state index in [4.69, 9.17) is 15.2 Å². The summed E-state index contributed by atoms with van der Waals surface area (Å²) in [6.45, 7) is 4.86. The number of hydrogen-bond donors (Lipinski definition) is 1. The van der Waals surface area contributed by atoms with E-state index in [1.807, 2.05) is 18.2 Å². The SMILES string of the molecule is COc1ccc(OC)c(CC(CN)c2ccc(C)cc2C)c1. The summed E-state index contributed by atoms with van der Waals surface area (Å²) < 4.78 is 10.8. The fourth-order valence-electron chi connectivity index (χ4n) is 2.91. The Balaban J connectivity index is 2.33. The molecule has 1 atom stereocenters. The molecule has 1 unspecified atom stereocenters. The first-order valence-corrected chi connectivity index (χ1v) is 7.57. The Labute approximate surface area is 133 Å². The molecule has 0 aliphatic rings. The molecule has 22 heavy (non-hydrogen) atoms. The van der Waals surface area contributed by atoms with Crippen molar-refractivity contribution in [2.75, 3.05) is 20.8 Å². The van der Waals surface area contributed by atoms with Crippen LogP contribution >= 0.6 is 0 Å². The van der Waals surface area contributed by atoms with E-state index in [0.29, 0.717) is 6.54 Å². The van der Waals surface area contributed by atoms with Crippen LogP contribution in [0.1, 0.15) is 28.2 Å². The van der Waals surface area contributed by atoms with Crippen LogP contribution in [0, 0.1) is 13.8 Å². The molecule has 2 N–H and O–H groups in total. The molecule has 2 aromatic carbocycles. The lowest BCUT2D eigenvalue weighted by Crippen LogP contribution is -2.16. The van der Waals surface area contributed by atoms with Gasteiger partial charge in [0.05, 0.1) is 14.2 Å². The van der Waals surface area contributed by atoms with Crippen LogP contribution < -0.4 is 15.2 Å². The van der Waals surface area contributed by atoms with Crippen LogP contribution in [-0.4, -0.2) is 20.8 Å². The molecule has 0 saturated carbocycles. The minimum atomic E-state index is 0.265. The topological polar surface area (TPSA) is 44.5 Å². The van der Waals surface area contributed by atoms with Crippen LogP contribution in [0.4, 0.5) is 0 Å². The highest BCUT2D eigenvalue weighted by Gasteiger charge is 2.16. The van der Waals surface area contributed by atoms with E-state index < -0.39 is 0 Å². The zero-order chi connectivity index (χ0) is 16.1. The van der Waals surface area contributed by atoms with E-state index in [2.05, 4.69) is 32.0 Å². The summed E-state index contributed by atoms with van der Waals surface area (Å²) in [5, 5.41) is 0. The first-order valence-electron chi connectivity index (χ1n) is 7.57. The largest absolute Gasteiger partial charge is 0.497 e. The van der Waals surface area contributed by atoms with Crippen molar-refractivity contribution in [1.29, 1.82) is 0 Å². The molecule has 3 nitrogen and oxygen atoms in total. The average molecular weight is 299 g/mol. The number of methoxy groups -OCH3 is 2. The third kappa shape index (κ3) is 3.60. The lowest BCUT2D eigenvalue weighted by molar-refractivity contribution is 0.397. The monoisotopic (exact) mass is 299 g/mol. The lowest BCUT2D eigenvalue weighted by Gasteiger charge is -2.20. The van der Waals surface area contributed by atoms with Gasteiger partial charge < -0.3 is 15.2 Å². The molecule has 0 radical (unpaired) electrons. The van der Waals surface area contributed by atoms with Crippen LogP contribution in [0.3, 0.4) is 0 Å². The average Bonchev–Trinajstić information content (AvgIpc) is 2.53. The van der Waals surface area contributed by atoms with E-state index in [1.54, 1.807) is 14.2 Å². The van der Waals surface area contributed by atoms with Gasteiger partial charge in [0.15, 0.2) is 0 Å². The van der Waals surface area contributed by atoms with E-state index in [-0.39, 0.29) is 5.92 Å². The van der Waals surface area contributed by atoms with Crippen molar-refractivity contribution in [3.63, 3.8) is 0 Å². The van der Waals surface area contributed by atoms with E-state index in [9.17, 15) is 0 Å². The standard InChI is InChI=1S/C19H25NO2/c1-13-5-7-18(14(2)9-13)16(12-20)10-15-11-17(21-3)6-8-19(15)22-4/h5-9,11,16H,10,12,20H2,1-4H3. The molecule has 0 saturated heterocycles. The second-order valence-electron chi connectivity index (χ2n) is 5.67. The van der Waals surface area contributed by atoms with E-state index in [1.165, 1.54) is 16.7 Å². The summed E-state index contributed by atoms with van der Waals surface area (Å²) in [5.41, 5.74) is 11.0.